The zero-order valence-electron chi connectivity index (χ0n) is 12.2. The summed E-state index contributed by atoms with van der Waals surface area (Å²) in [5.74, 6) is -5.27. The first kappa shape index (κ1) is 16.7. The van der Waals surface area contributed by atoms with Gasteiger partial charge in [-0.3, -0.25) is 4.90 Å². The van der Waals surface area contributed by atoms with Crippen LogP contribution in [0.4, 0.5) is 26.3 Å². The Morgan fingerprint density at radius 1 is 1.08 bits per heavy atom. The Morgan fingerprint density at radius 3 is 2.38 bits per heavy atom. The first-order valence-electron chi connectivity index (χ1n) is 7.02. The summed E-state index contributed by atoms with van der Waals surface area (Å²) in [5, 5.41) is 0. The average molecular weight is 347 g/mol. The van der Waals surface area contributed by atoms with E-state index in [1.54, 1.807) is 4.90 Å². The van der Waals surface area contributed by atoms with Crippen molar-refractivity contribution in [3.8, 4) is 0 Å². The van der Waals surface area contributed by atoms with Gasteiger partial charge in [0, 0.05) is 37.8 Å². The van der Waals surface area contributed by atoms with Crippen LogP contribution >= 0.6 is 0 Å². The fourth-order valence-corrected chi connectivity index (χ4v) is 2.60. The van der Waals surface area contributed by atoms with E-state index >= 15 is 0 Å². The highest BCUT2D eigenvalue weighted by Gasteiger charge is 2.35. The van der Waals surface area contributed by atoms with Crippen LogP contribution in [0, 0.1) is 17.5 Å². The van der Waals surface area contributed by atoms with Crippen LogP contribution in [0.3, 0.4) is 0 Å². The molecule has 0 aliphatic carbocycles. The summed E-state index contributed by atoms with van der Waals surface area (Å²) in [6.07, 6.45) is -3.23. The Hall–Kier alpha value is -2.16. The maximum Gasteiger partial charge on any atom is 0.451 e. The second-order valence-corrected chi connectivity index (χ2v) is 5.50. The Morgan fingerprint density at radius 2 is 1.75 bits per heavy atom. The van der Waals surface area contributed by atoms with E-state index in [9.17, 15) is 26.3 Å². The lowest BCUT2D eigenvalue weighted by Gasteiger charge is -2.28. The SMILES string of the molecule is Fc1cc(CN2CCc3nc(C(F)(F)F)ncc3C2)cc(F)c1F. The van der Waals surface area contributed by atoms with E-state index in [0.717, 1.165) is 18.3 Å². The lowest BCUT2D eigenvalue weighted by Crippen LogP contribution is -2.31. The largest absolute Gasteiger partial charge is 0.451 e. The van der Waals surface area contributed by atoms with Crippen LogP contribution in [0.1, 0.15) is 22.6 Å². The highest BCUT2D eigenvalue weighted by Crippen LogP contribution is 2.28. The molecule has 2 heterocycles. The molecule has 24 heavy (non-hydrogen) atoms. The van der Waals surface area contributed by atoms with Crippen molar-refractivity contribution in [2.45, 2.75) is 25.7 Å². The number of rotatable bonds is 2. The minimum atomic E-state index is -4.60. The van der Waals surface area contributed by atoms with Crippen molar-refractivity contribution >= 4 is 0 Å². The van der Waals surface area contributed by atoms with Gasteiger partial charge in [0.05, 0.1) is 5.69 Å². The molecule has 0 radical (unpaired) electrons. The molecule has 3 nitrogen and oxygen atoms in total. The third-order valence-corrected chi connectivity index (χ3v) is 3.72. The zero-order valence-corrected chi connectivity index (χ0v) is 12.2. The summed E-state index contributed by atoms with van der Waals surface area (Å²) < 4.78 is 77.2. The molecule has 0 fully saturated rings. The van der Waals surface area contributed by atoms with Gasteiger partial charge in [-0.2, -0.15) is 13.2 Å². The van der Waals surface area contributed by atoms with Gasteiger partial charge in [0.1, 0.15) is 0 Å². The lowest BCUT2D eigenvalue weighted by atomic mass is 10.1. The molecular formula is C15H11F6N3. The third-order valence-electron chi connectivity index (χ3n) is 3.72. The van der Waals surface area contributed by atoms with E-state index in [2.05, 4.69) is 9.97 Å². The number of benzene rings is 1. The van der Waals surface area contributed by atoms with E-state index in [1.165, 1.54) is 0 Å². The predicted molar refractivity (Wildman–Crippen MR) is 71.2 cm³/mol. The van der Waals surface area contributed by atoms with E-state index < -0.39 is 29.5 Å². The van der Waals surface area contributed by atoms with Crippen LogP contribution in [0.2, 0.25) is 0 Å². The minimum Gasteiger partial charge on any atom is -0.294 e. The minimum absolute atomic E-state index is 0.134. The third kappa shape index (κ3) is 3.35. The van der Waals surface area contributed by atoms with Crippen LogP contribution in [0.25, 0.3) is 0 Å². The first-order valence-corrected chi connectivity index (χ1v) is 7.02. The molecule has 1 aliphatic heterocycles. The molecular weight excluding hydrogens is 336 g/mol. The maximum absolute atomic E-state index is 13.2. The number of hydrogen-bond acceptors (Lipinski definition) is 3. The molecule has 1 aliphatic rings. The number of hydrogen-bond donors (Lipinski definition) is 0. The zero-order chi connectivity index (χ0) is 17.5. The van der Waals surface area contributed by atoms with Crippen LogP contribution in [0.15, 0.2) is 18.3 Å². The fourth-order valence-electron chi connectivity index (χ4n) is 2.60. The molecule has 0 N–H and O–H groups in total. The summed E-state index contributed by atoms with van der Waals surface area (Å²) in [5.41, 5.74) is 1.07. The molecule has 0 unspecified atom stereocenters. The van der Waals surface area contributed by atoms with Gasteiger partial charge in [-0.15, -0.1) is 0 Å². The highest BCUT2D eigenvalue weighted by molar-refractivity contribution is 5.23. The van der Waals surface area contributed by atoms with Gasteiger partial charge in [0.15, 0.2) is 17.5 Å². The van der Waals surface area contributed by atoms with E-state index in [4.69, 9.17) is 0 Å². The average Bonchev–Trinajstić information content (AvgIpc) is 2.51. The van der Waals surface area contributed by atoms with Crippen LogP contribution in [0.5, 0.6) is 0 Å². The molecule has 9 heteroatoms. The lowest BCUT2D eigenvalue weighted by molar-refractivity contribution is -0.145. The van der Waals surface area contributed by atoms with E-state index in [1.807, 2.05) is 0 Å². The molecule has 3 rings (SSSR count). The van der Waals surface area contributed by atoms with Gasteiger partial charge in [-0.05, 0) is 17.7 Å². The molecule has 0 saturated heterocycles. The summed E-state index contributed by atoms with van der Waals surface area (Å²) >= 11 is 0. The van der Waals surface area contributed by atoms with Gasteiger partial charge in [0.2, 0.25) is 5.82 Å². The standard InChI is InChI=1S/C15H11F6N3/c16-10-3-8(4-11(17)13(10)18)6-24-2-1-12-9(7-24)5-22-14(23-12)15(19,20)21/h3-5H,1-2,6-7H2. The second-order valence-electron chi connectivity index (χ2n) is 5.50. The number of nitrogens with zero attached hydrogens (tertiary/aromatic N) is 3. The second kappa shape index (κ2) is 6.04. The van der Waals surface area contributed by atoms with Crippen molar-refractivity contribution in [1.82, 2.24) is 14.9 Å². The molecule has 1 aromatic heterocycles. The molecule has 1 aromatic carbocycles. The van der Waals surface area contributed by atoms with Crippen molar-refractivity contribution in [3.05, 3.63) is 58.4 Å². The Balaban J connectivity index is 1.76. The molecule has 0 amide bonds. The molecule has 128 valence electrons. The summed E-state index contributed by atoms with van der Waals surface area (Å²) in [6, 6.07) is 1.80. The summed E-state index contributed by atoms with van der Waals surface area (Å²) in [4.78, 5) is 8.61. The molecule has 0 bridgehead atoms. The van der Waals surface area contributed by atoms with Gasteiger partial charge in [-0.25, -0.2) is 23.1 Å². The van der Waals surface area contributed by atoms with Crippen molar-refractivity contribution in [3.63, 3.8) is 0 Å². The van der Waals surface area contributed by atoms with Crippen molar-refractivity contribution < 1.29 is 26.3 Å². The van der Waals surface area contributed by atoms with Gasteiger partial charge < -0.3 is 0 Å². The predicted octanol–water partition coefficient (Wildman–Crippen LogP) is 3.47. The molecule has 0 atom stereocenters. The normalized spacial score (nSPS) is 15.4. The number of halogens is 6. The smallest absolute Gasteiger partial charge is 0.294 e. The summed E-state index contributed by atoms with van der Waals surface area (Å²) in [6.45, 7) is 0.741. The summed E-state index contributed by atoms with van der Waals surface area (Å²) in [7, 11) is 0. The number of alkyl halides is 3. The van der Waals surface area contributed by atoms with Gasteiger partial charge in [0.25, 0.3) is 0 Å². The monoisotopic (exact) mass is 347 g/mol. The van der Waals surface area contributed by atoms with Crippen molar-refractivity contribution in [2.75, 3.05) is 6.54 Å². The van der Waals surface area contributed by atoms with Gasteiger partial charge >= 0.3 is 6.18 Å². The van der Waals surface area contributed by atoms with Crippen molar-refractivity contribution in [2.24, 2.45) is 0 Å². The topological polar surface area (TPSA) is 29.0 Å². The van der Waals surface area contributed by atoms with Gasteiger partial charge in [-0.1, -0.05) is 0 Å². The highest BCUT2D eigenvalue weighted by atomic mass is 19.4. The Labute approximate surface area is 132 Å². The first-order chi connectivity index (χ1) is 11.2. The fraction of sp³-hybridized carbons (Fsp3) is 0.333. The van der Waals surface area contributed by atoms with E-state index in [0.29, 0.717) is 17.8 Å². The Kier molecular flexibility index (Phi) is 4.20. The Bertz CT molecular complexity index is 751. The number of aromatic nitrogens is 2. The molecule has 2 aromatic rings. The maximum atomic E-state index is 13.2. The van der Waals surface area contributed by atoms with Crippen LogP contribution < -0.4 is 0 Å². The quantitative estimate of drug-likeness (QED) is 0.615. The van der Waals surface area contributed by atoms with Crippen LogP contribution in [-0.4, -0.2) is 21.4 Å². The molecule has 0 spiro atoms. The number of fused-ring (bicyclic) bond motifs is 1. The van der Waals surface area contributed by atoms with Crippen LogP contribution in [-0.2, 0) is 25.7 Å². The molecule has 0 saturated carbocycles. The van der Waals surface area contributed by atoms with Crippen molar-refractivity contribution in [1.29, 1.82) is 0 Å². The van der Waals surface area contributed by atoms with E-state index in [-0.39, 0.29) is 25.1 Å².